The first-order chi connectivity index (χ1) is 9.36. The Hall–Kier alpha value is -0.700. The third kappa shape index (κ3) is 2.98. The molecule has 1 aromatic carbocycles. The van der Waals surface area contributed by atoms with Gasteiger partial charge in [0, 0.05) is 25.4 Å². The van der Waals surface area contributed by atoms with Crippen LogP contribution >= 0.6 is 15.9 Å². The van der Waals surface area contributed by atoms with Gasteiger partial charge in [-0.25, -0.2) is 12.8 Å². The minimum Gasteiger partial charge on any atom is -0.399 e. The van der Waals surface area contributed by atoms with Crippen molar-refractivity contribution in [3.05, 3.63) is 22.4 Å². The third-order valence-corrected chi connectivity index (χ3v) is 5.94. The first-order valence-corrected chi connectivity index (χ1v) is 8.45. The number of benzene rings is 1. The van der Waals surface area contributed by atoms with Crippen molar-refractivity contribution in [3.8, 4) is 0 Å². The van der Waals surface area contributed by atoms with Gasteiger partial charge in [0.15, 0.2) is 5.82 Å². The number of rotatable bonds is 3. The summed E-state index contributed by atoms with van der Waals surface area (Å²) < 4.78 is 40.2. The number of anilines is 1. The molecule has 0 amide bonds. The summed E-state index contributed by atoms with van der Waals surface area (Å²) in [5, 5.41) is 9.06. The number of nitrogens with two attached hydrogens (primary N) is 1. The van der Waals surface area contributed by atoms with Crippen molar-refractivity contribution in [2.75, 3.05) is 25.4 Å². The van der Waals surface area contributed by atoms with Crippen LogP contribution in [0.25, 0.3) is 0 Å². The zero-order chi connectivity index (χ0) is 14.9. The lowest BCUT2D eigenvalue weighted by atomic mass is 10.00. The first-order valence-electron chi connectivity index (χ1n) is 6.21. The van der Waals surface area contributed by atoms with Crippen LogP contribution < -0.4 is 5.73 Å². The second kappa shape index (κ2) is 5.97. The van der Waals surface area contributed by atoms with Gasteiger partial charge in [0.1, 0.15) is 4.90 Å². The lowest BCUT2D eigenvalue weighted by Crippen LogP contribution is -2.39. The predicted octanol–water partition coefficient (Wildman–Crippen LogP) is 1.56. The largest absolute Gasteiger partial charge is 0.399 e. The predicted molar refractivity (Wildman–Crippen MR) is 77.1 cm³/mol. The molecule has 1 aromatic rings. The Bertz CT molecular complexity index is 601. The number of halogens is 2. The molecule has 8 heteroatoms. The van der Waals surface area contributed by atoms with E-state index >= 15 is 0 Å². The van der Waals surface area contributed by atoms with Gasteiger partial charge >= 0.3 is 0 Å². The fourth-order valence-electron chi connectivity index (χ4n) is 2.24. The zero-order valence-corrected chi connectivity index (χ0v) is 13.1. The van der Waals surface area contributed by atoms with Crippen molar-refractivity contribution in [1.82, 2.24) is 4.31 Å². The Morgan fingerprint density at radius 3 is 2.55 bits per heavy atom. The topological polar surface area (TPSA) is 83.6 Å². The number of nitrogens with zero attached hydrogens (tertiary/aromatic N) is 1. The summed E-state index contributed by atoms with van der Waals surface area (Å²) in [7, 11) is -3.90. The van der Waals surface area contributed by atoms with Crippen LogP contribution in [-0.2, 0) is 10.0 Å². The van der Waals surface area contributed by atoms with Crippen LogP contribution in [0.5, 0.6) is 0 Å². The molecule has 1 saturated heterocycles. The molecule has 0 spiro atoms. The third-order valence-electron chi connectivity index (χ3n) is 3.47. The molecule has 1 fully saturated rings. The highest BCUT2D eigenvalue weighted by atomic mass is 79.9. The highest BCUT2D eigenvalue weighted by molar-refractivity contribution is 9.10. The molecule has 0 atom stereocenters. The van der Waals surface area contributed by atoms with Gasteiger partial charge in [0.2, 0.25) is 10.0 Å². The number of sulfonamides is 1. The Morgan fingerprint density at radius 1 is 1.40 bits per heavy atom. The molecule has 1 heterocycles. The van der Waals surface area contributed by atoms with E-state index in [1.54, 1.807) is 0 Å². The van der Waals surface area contributed by atoms with Crippen LogP contribution in [-0.4, -0.2) is 37.5 Å². The van der Waals surface area contributed by atoms with Crippen LogP contribution in [0.15, 0.2) is 21.5 Å². The van der Waals surface area contributed by atoms with Gasteiger partial charge in [-0.05, 0) is 46.8 Å². The molecular formula is C12H16BrFN2O3S. The van der Waals surface area contributed by atoms with Crippen molar-refractivity contribution < 1.29 is 17.9 Å². The molecule has 0 aliphatic carbocycles. The molecule has 0 saturated carbocycles. The molecule has 20 heavy (non-hydrogen) atoms. The summed E-state index contributed by atoms with van der Waals surface area (Å²) in [5.74, 6) is -0.720. The van der Waals surface area contributed by atoms with Gasteiger partial charge < -0.3 is 10.8 Å². The van der Waals surface area contributed by atoms with E-state index in [0.717, 1.165) is 6.07 Å². The molecule has 112 valence electrons. The number of aliphatic hydroxyl groups is 1. The smallest absolute Gasteiger partial charge is 0.246 e. The fourth-order valence-corrected chi connectivity index (χ4v) is 4.44. The number of hydrogen-bond acceptors (Lipinski definition) is 4. The van der Waals surface area contributed by atoms with Crippen LogP contribution in [0.4, 0.5) is 10.1 Å². The summed E-state index contributed by atoms with van der Waals surface area (Å²) in [5.41, 5.74) is 5.77. The fraction of sp³-hybridized carbons (Fsp3) is 0.500. The molecule has 0 unspecified atom stereocenters. The molecule has 0 radical (unpaired) electrons. The molecule has 5 nitrogen and oxygen atoms in total. The monoisotopic (exact) mass is 366 g/mol. The van der Waals surface area contributed by atoms with E-state index in [2.05, 4.69) is 15.9 Å². The maximum atomic E-state index is 14.0. The van der Waals surface area contributed by atoms with Gasteiger partial charge in [0.05, 0.1) is 4.47 Å². The maximum Gasteiger partial charge on any atom is 0.246 e. The maximum absolute atomic E-state index is 14.0. The average molecular weight is 367 g/mol. The zero-order valence-electron chi connectivity index (χ0n) is 10.7. The SMILES string of the molecule is Nc1cc(Br)c(F)c(S(=O)(=O)N2CCC(CO)CC2)c1. The van der Waals surface area contributed by atoms with Crippen molar-refractivity contribution in [2.45, 2.75) is 17.7 Å². The van der Waals surface area contributed by atoms with Gasteiger partial charge in [-0.3, -0.25) is 0 Å². The van der Waals surface area contributed by atoms with E-state index in [1.165, 1.54) is 10.4 Å². The first kappa shape index (κ1) is 15.7. The highest BCUT2D eigenvalue weighted by Gasteiger charge is 2.32. The molecule has 1 aliphatic rings. The Labute approximate surface area is 125 Å². The molecular weight excluding hydrogens is 351 g/mol. The minimum atomic E-state index is -3.90. The number of aliphatic hydroxyl groups excluding tert-OH is 1. The van der Waals surface area contributed by atoms with Crippen molar-refractivity contribution in [2.24, 2.45) is 5.92 Å². The summed E-state index contributed by atoms with van der Waals surface area (Å²) in [6.45, 7) is 0.602. The summed E-state index contributed by atoms with van der Waals surface area (Å²) in [4.78, 5) is -0.410. The number of nitrogen functional groups attached to an aromatic ring is 1. The standard InChI is InChI=1S/C12H16BrFN2O3S/c13-10-5-9(15)6-11(12(10)14)20(18,19)16-3-1-8(7-17)2-4-16/h5-6,8,17H,1-4,7,15H2. The Morgan fingerprint density at radius 2 is 2.00 bits per heavy atom. The van der Waals surface area contributed by atoms with E-state index < -0.39 is 20.7 Å². The molecule has 2 rings (SSSR count). The summed E-state index contributed by atoms with van der Waals surface area (Å²) >= 11 is 2.96. The normalized spacial score (nSPS) is 18.4. The molecule has 0 aromatic heterocycles. The quantitative estimate of drug-likeness (QED) is 0.795. The van der Waals surface area contributed by atoms with Crippen LogP contribution in [0, 0.1) is 11.7 Å². The van der Waals surface area contributed by atoms with E-state index in [-0.39, 0.29) is 35.8 Å². The van der Waals surface area contributed by atoms with Gasteiger partial charge in [0.25, 0.3) is 0 Å². The Kier molecular flexibility index (Phi) is 4.68. The van der Waals surface area contributed by atoms with Crippen LogP contribution in [0.2, 0.25) is 0 Å². The van der Waals surface area contributed by atoms with E-state index in [4.69, 9.17) is 10.8 Å². The second-order valence-electron chi connectivity index (χ2n) is 4.84. The summed E-state index contributed by atoms with van der Waals surface area (Å²) in [6, 6.07) is 2.46. The average Bonchev–Trinajstić information content (AvgIpc) is 2.42. The number of piperidine rings is 1. The minimum absolute atomic E-state index is 0.0290. The second-order valence-corrected chi connectivity index (χ2v) is 7.61. The van der Waals surface area contributed by atoms with E-state index in [1.807, 2.05) is 0 Å². The lowest BCUT2D eigenvalue weighted by molar-refractivity contribution is 0.170. The van der Waals surface area contributed by atoms with Gasteiger partial charge in [-0.2, -0.15) is 4.31 Å². The van der Waals surface area contributed by atoms with E-state index in [0.29, 0.717) is 12.8 Å². The van der Waals surface area contributed by atoms with Crippen LogP contribution in [0.1, 0.15) is 12.8 Å². The lowest BCUT2D eigenvalue weighted by Gasteiger charge is -2.30. The summed E-state index contributed by atoms with van der Waals surface area (Å²) in [6.07, 6.45) is 1.14. The van der Waals surface area contributed by atoms with Gasteiger partial charge in [-0.15, -0.1) is 0 Å². The number of hydrogen-bond donors (Lipinski definition) is 2. The molecule has 1 aliphatic heterocycles. The van der Waals surface area contributed by atoms with Crippen molar-refractivity contribution in [1.29, 1.82) is 0 Å². The Balaban J connectivity index is 2.32. The van der Waals surface area contributed by atoms with Crippen molar-refractivity contribution in [3.63, 3.8) is 0 Å². The van der Waals surface area contributed by atoms with Crippen molar-refractivity contribution >= 4 is 31.6 Å². The highest BCUT2D eigenvalue weighted by Crippen LogP contribution is 2.30. The molecule has 0 bridgehead atoms. The van der Waals surface area contributed by atoms with Crippen LogP contribution in [0.3, 0.4) is 0 Å². The van der Waals surface area contributed by atoms with E-state index in [9.17, 15) is 12.8 Å². The van der Waals surface area contributed by atoms with Gasteiger partial charge in [-0.1, -0.05) is 0 Å². The molecule has 3 N–H and O–H groups in total.